The standard InChI is InChI=1S/C19H24O/c1-12-13(2)15(4)18(16(5)14(12)3)19(6,20)17-10-8-7-9-11-17/h7-11,20H,1-6H3. The molecule has 1 heteroatoms. The van der Waals surface area contributed by atoms with Crippen LogP contribution >= 0.6 is 0 Å². The van der Waals surface area contributed by atoms with Crippen LogP contribution in [-0.4, -0.2) is 5.11 Å². The van der Waals surface area contributed by atoms with Crippen molar-refractivity contribution in [3.8, 4) is 0 Å². The van der Waals surface area contributed by atoms with Crippen molar-refractivity contribution >= 4 is 0 Å². The van der Waals surface area contributed by atoms with Crippen LogP contribution in [0.4, 0.5) is 0 Å². The Labute approximate surface area is 122 Å². The first-order valence-corrected chi connectivity index (χ1v) is 7.13. The Balaban J connectivity index is 2.76. The smallest absolute Gasteiger partial charge is 0.112 e. The summed E-state index contributed by atoms with van der Waals surface area (Å²) in [5.74, 6) is 0. The molecule has 0 radical (unpaired) electrons. The van der Waals surface area contributed by atoms with Crippen LogP contribution in [0, 0.1) is 34.6 Å². The van der Waals surface area contributed by atoms with Crippen LogP contribution < -0.4 is 0 Å². The fraction of sp³-hybridized carbons (Fsp3) is 0.368. The normalized spacial score (nSPS) is 14.2. The second-order valence-electron chi connectivity index (χ2n) is 5.94. The quantitative estimate of drug-likeness (QED) is 0.851. The van der Waals surface area contributed by atoms with Crippen molar-refractivity contribution in [2.24, 2.45) is 0 Å². The predicted octanol–water partition coefficient (Wildman–Crippen LogP) is 4.48. The zero-order chi connectivity index (χ0) is 15.1. The third-order valence-electron chi connectivity index (χ3n) is 4.82. The summed E-state index contributed by atoms with van der Waals surface area (Å²) >= 11 is 0. The molecule has 106 valence electrons. The minimum absolute atomic E-state index is 0.939. The molecule has 1 N–H and O–H groups in total. The van der Waals surface area contributed by atoms with Gasteiger partial charge in [0.25, 0.3) is 0 Å². The molecule has 1 atom stereocenters. The molecule has 2 aromatic rings. The molecule has 0 aliphatic rings. The summed E-state index contributed by atoms with van der Waals surface area (Å²) in [5.41, 5.74) is 7.29. The van der Waals surface area contributed by atoms with Crippen molar-refractivity contribution in [2.75, 3.05) is 0 Å². The average Bonchev–Trinajstić information content (AvgIpc) is 2.44. The molecule has 0 spiro atoms. The Kier molecular flexibility index (Phi) is 3.75. The molecule has 0 aromatic heterocycles. The lowest BCUT2D eigenvalue weighted by atomic mass is 9.78. The second-order valence-corrected chi connectivity index (χ2v) is 5.94. The summed E-state index contributed by atoms with van der Waals surface area (Å²) in [4.78, 5) is 0. The molecule has 0 aliphatic carbocycles. The first-order valence-electron chi connectivity index (χ1n) is 7.13. The Morgan fingerprint density at radius 3 is 1.55 bits per heavy atom. The molecule has 0 fully saturated rings. The van der Waals surface area contributed by atoms with Gasteiger partial charge in [0.2, 0.25) is 0 Å². The van der Waals surface area contributed by atoms with Crippen molar-refractivity contribution < 1.29 is 5.11 Å². The van der Waals surface area contributed by atoms with Crippen LogP contribution in [0.25, 0.3) is 0 Å². The first kappa shape index (κ1) is 14.8. The van der Waals surface area contributed by atoms with Gasteiger partial charge >= 0.3 is 0 Å². The Morgan fingerprint density at radius 2 is 1.10 bits per heavy atom. The van der Waals surface area contributed by atoms with E-state index in [1.54, 1.807) is 0 Å². The molecule has 2 aromatic carbocycles. The molecular formula is C19H24O. The summed E-state index contributed by atoms with van der Waals surface area (Å²) < 4.78 is 0. The highest BCUT2D eigenvalue weighted by Gasteiger charge is 2.30. The third kappa shape index (κ3) is 2.16. The summed E-state index contributed by atoms with van der Waals surface area (Å²) in [6, 6.07) is 9.91. The van der Waals surface area contributed by atoms with Crippen LogP contribution in [0.1, 0.15) is 45.9 Å². The topological polar surface area (TPSA) is 20.2 Å². The molecule has 0 heterocycles. The highest BCUT2D eigenvalue weighted by molar-refractivity contribution is 5.54. The van der Waals surface area contributed by atoms with Crippen molar-refractivity contribution in [1.29, 1.82) is 0 Å². The maximum atomic E-state index is 11.2. The van der Waals surface area contributed by atoms with Gasteiger partial charge in [-0.25, -0.2) is 0 Å². The highest BCUT2D eigenvalue weighted by Crippen LogP contribution is 2.37. The average molecular weight is 268 g/mol. The fourth-order valence-electron chi connectivity index (χ4n) is 3.14. The second kappa shape index (κ2) is 5.06. The van der Waals surface area contributed by atoms with E-state index in [0.29, 0.717) is 0 Å². The van der Waals surface area contributed by atoms with Crippen LogP contribution in [0.5, 0.6) is 0 Å². The fourth-order valence-corrected chi connectivity index (χ4v) is 3.14. The molecule has 20 heavy (non-hydrogen) atoms. The number of hydrogen-bond acceptors (Lipinski definition) is 1. The molecule has 2 rings (SSSR count). The van der Waals surface area contributed by atoms with Crippen LogP contribution in [0.15, 0.2) is 30.3 Å². The van der Waals surface area contributed by atoms with Crippen LogP contribution in [0.2, 0.25) is 0 Å². The van der Waals surface area contributed by atoms with Gasteiger partial charge in [-0.3, -0.25) is 0 Å². The Morgan fingerprint density at radius 1 is 0.700 bits per heavy atom. The van der Waals surface area contributed by atoms with Crippen LogP contribution in [0.3, 0.4) is 0 Å². The number of hydrogen-bond donors (Lipinski definition) is 1. The van der Waals surface area contributed by atoms with Gasteiger partial charge in [-0.1, -0.05) is 30.3 Å². The molecule has 0 saturated heterocycles. The zero-order valence-corrected chi connectivity index (χ0v) is 13.3. The third-order valence-corrected chi connectivity index (χ3v) is 4.82. The first-order chi connectivity index (χ1) is 9.28. The monoisotopic (exact) mass is 268 g/mol. The number of rotatable bonds is 2. The Bertz CT molecular complexity index is 608. The summed E-state index contributed by atoms with van der Waals surface area (Å²) in [7, 11) is 0. The zero-order valence-electron chi connectivity index (χ0n) is 13.3. The molecule has 0 amide bonds. The van der Waals surface area contributed by atoms with Crippen molar-refractivity contribution in [3.05, 3.63) is 69.3 Å². The van der Waals surface area contributed by atoms with E-state index in [-0.39, 0.29) is 0 Å². The molecule has 0 bridgehead atoms. The predicted molar refractivity (Wildman–Crippen MR) is 85.2 cm³/mol. The molecule has 0 saturated carbocycles. The van der Waals surface area contributed by atoms with E-state index < -0.39 is 5.60 Å². The minimum Gasteiger partial charge on any atom is -0.381 e. The van der Waals surface area contributed by atoms with Gasteiger partial charge < -0.3 is 5.11 Å². The lowest BCUT2D eigenvalue weighted by Gasteiger charge is -2.31. The van der Waals surface area contributed by atoms with E-state index in [1.165, 1.54) is 27.8 Å². The molecular weight excluding hydrogens is 244 g/mol. The van der Waals surface area contributed by atoms with E-state index in [0.717, 1.165) is 11.1 Å². The lowest BCUT2D eigenvalue weighted by molar-refractivity contribution is 0.101. The SMILES string of the molecule is Cc1c(C)c(C)c(C(C)(O)c2ccccc2)c(C)c1C. The largest absolute Gasteiger partial charge is 0.381 e. The molecule has 0 aliphatic heterocycles. The van der Waals surface area contributed by atoms with E-state index in [4.69, 9.17) is 0 Å². The van der Waals surface area contributed by atoms with E-state index in [1.807, 2.05) is 37.3 Å². The van der Waals surface area contributed by atoms with Crippen molar-refractivity contribution in [3.63, 3.8) is 0 Å². The van der Waals surface area contributed by atoms with E-state index in [2.05, 4.69) is 34.6 Å². The summed E-state index contributed by atoms with van der Waals surface area (Å²) in [6.45, 7) is 12.6. The van der Waals surface area contributed by atoms with Crippen molar-refractivity contribution in [2.45, 2.75) is 47.1 Å². The van der Waals surface area contributed by atoms with E-state index >= 15 is 0 Å². The van der Waals surface area contributed by atoms with Gasteiger partial charge in [0.15, 0.2) is 0 Å². The van der Waals surface area contributed by atoms with Gasteiger partial charge in [-0.05, 0) is 80.5 Å². The lowest BCUT2D eigenvalue weighted by Crippen LogP contribution is -2.26. The van der Waals surface area contributed by atoms with Gasteiger partial charge in [-0.15, -0.1) is 0 Å². The van der Waals surface area contributed by atoms with Crippen molar-refractivity contribution in [1.82, 2.24) is 0 Å². The van der Waals surface area contributed by atoms with Gasteiger partial charge in [0.05, 0.1) is 0 Å². The van der Waals surface area contributed by atoms with Gasteiger partial charge in [0.1, 0.15) is 5.60 Å². The van der Waals surface area contributed by atoms with Gasteiger partial charge in [0, 0.05) is 0 Å². The maximum absolute atomic E-state index is 11.2. The highest BCUT2D eigenvalue weighted by atomic mass is 16.3. The van der Waals surface area contributed by atoms with E-state index in [9.17, 15) is 5.11 Å². The summed E-state index contributed by atoms with van der Waals surface area (Å²) in [5, 5.41) is 11.2. The number of aliphatic hydroxyl groups is 1. The van der Waals surface area contributed by atoms with Crippen LogP contribution in [-0.2, 0) is 5.60 Å². The Hall–Kier alpha value is -1.60. The number of benzene rings is 2. The molecule has 1 unspecified atom stereocenters. The molecule has 1 nitrogen and oxygen atoms in total. The van der Waals surface area contributed by atoms with Gasteiger partial charge in [-0.2, -0.15) is 0 Å². The minimum atomic E-state index is -0.960. The summed E-state index contributed by atoms with van der Waals surface area (Å²) in [6.07, 6.45) is 0. The maximum Gasteiger partial charge on any atom is 0.112 e.